The summed E-state index contributed by atoms with van der Waals surface area (Å²) in [5.41, 5.74) is 0. The number of carboxylic acid groups (broad SMARTS) is 1. The first-order chi connectivity index (χ1) is 10.1. The van der Waals surface area contributed by atoms with Crippen LogP contribution in [0, 0.1) is 11.8 Å². The number of aliphatic carboxylic acids is 1. The molecule has 0 aromatic heterocycles. The van der Waals surface area contributed by atoms with Crippen LogP contribution in [0.5, 0.6) is 0 Å². The van der Waals surface area contributed by atoms with Crippen molar-refractivity contribution in [2.45, 2.75) is 63.0 Å². The average Bonchev–Trinajstić information content (AvgIpc) is 2.94. The lowest BCUT2D eigenvalue weighted by Gasteiger charge is -2.23. The van der Waals surface area contributed by atoms with Crippen LogP contribution >= 0.6 is 11.6 Å². The van der Waals surface area contributed by atoms with Crippen molar-refractivity contribution in [2.24, 2.45) is 11.8 Å². The number of hydrogen-bond donors (Lipinski definition) is 1. The van der Waals surface area contributed by atoms with Crippen molar-refractivity contribution in [2.75, 3.05) is 0 Å². The summed E-state index contributed by atoms with van der Waals surface area (Å²) in [5.74, 6) is 0.331. The molecule has 1 saturated carbocycles. The monoisotopic (exact) mass is 312 g/mol. The molecule has 1 aliphatic carbocycles. The van der Waals surface area contributed by atoms with E-state index in [0.717, 1.165) is 25.7 Å². The molecule has 2 fully saturated rings. The van der Waals surface area contributed by atoms with Gasteiger partial charge in [0.2, 0.25) is 0 Å². The molecule has 1 saturated heterocycles. The van der Waals surface area contributed by atoms with E-state index < -0.39 is 5.97 Å². The number of fused-ring (bicyclic) bond motifs is 2. The third-order valence-corrected chi connectivity index (χ3v) is 4.92. The Hall–Kier alpha value is -0.800. The molecule has 0 unspecified atom stereocenters. The highest BCUT2D eigenvalue weighted by Crippen LogP contribution is 2.48. The number of halogens is 1. The molecule has 0 radical (unpaired) electrons. The fraction of sp³-hybridized carbons (Fsp3) is 0.706. The van der Waals surface area contributed by atoms with E-state index in [4.69, 9.17) is 21.4 Å². The molecule has 4 heteroatoms. The summed E-state index contributed by atoms with van der Waals surface area (Å²) >= 11 is 6.33. The second kappa shape index (κ2) is 8.00. The second-order valence-corrected chi connectivity index (χ2v) is 6.52. The molecule has 0 amide bonds. The van der Waals surface area contributed by atoms with Gasteiger partial charge in [-0.3, -0.25) is 4.79 Å². The molecule has 5 atom stereocenters. The normalized spacial score (nSPS) is 35.2. The van der Waals surface area contributed by atoms with Crippen molar-refractivity contribution in [1.82, 2.24) is 0 Å². The van der Waals surface area contributed by atoms with Crippen LogP contribution in [0.4, 0.5) is 0 Å². The minimum atomic E-state index is -0.721. The van der Waals surface area contributed by atoms with E-state index in [2.05, 4.69) is 31.2 Å². The number of ether oxygens (including phenoxy) is 1. The maximum absolute atomic E-state index is 10.4. The minimum Gasteiger partial charge on any atom is -0.481 e. The van der Waals surface area contributed by atoms with Crippen molar-refractivity contribution in [3.05, 3.63) is 24.3 Å². The Morgan fingerprint density at radius 2 is 2.19 bits per heavy atom. The smallest absolute Gasteiger partial charge is 0.303 e. The number of carboxylic acids is 1. The van der Waals surface area contributed by atoms with Gasteiger partial charge in [-0.25, -0.2) is 0 Å². The molecule has 1 N–H and O–H groups in total. The highest BCUT2D eigenvalue weighted by atomic mass is 35.5. The van der Waals surface area contributed by atoms with Gasteiger partial charge in [0.25, 0.3) is 0 Å². The minimum absolute atomic E-state index is 0.166. The van der Waals surface area contributed by atoms with Crippen LogP contribution in [0.1, 0.15) is 45.4 Å². The maximum atomic E-state index is 10.4. The first-order valence-corrected chi connectivity index (χ1v) is 8.40. The molecule has 2 bridgehead atoms. The zero-order valence-electron chi connectivity index (χ0n) is 12.6. The molecule has 0 aromatic carbocycles. The summed E-state index contributed by atoms with van der Waals surface area (Å²) < 4.78 is 6.01. The van der Waals surface area contributed by atoms with E-state index in [1.54, 1.807) is 0 Å². The van der Waals surface area contributed by atoms with E-state index in [9.17, 15) is 4.79 Å². The highest BCUT2D eigenvalue weighted by molar-refractivity contribution is 6.21. The lowest BCUT2D eigenvalue weighted by Crippen LogP contribution is -2.27. The van der Waals surface area contributed by atoms with E-state index in [1.165, 1.54) is 0 Å². The first-order valence-electron chi connectivity index (χ1n) is 7.96. The summed E-state index contributed by atoms with van der Waals surface area (Å²) in [7, 11) is 0. The summed E-state index contributed by atoms with van der Waals surface area (Å²) in [6.45, 7) is 2.18. The molecule has 0 spiro atoms. The van der Waals surface area contributed by atoms with Gasteiger partial charge in [-0.15, -0.1) is 11.6 Å². The summed E-state index contributed by atoms with van der Waals surface area (Å²) in [4.78, 5) is 10.4. The van der Waals surface area contributed by atoms with Gasteiger partial charge in [-0.05, 0) is 38.0 Å². The molecule has 3 nitrogen and oxygen atoms in total. The van der Waals surface area contributed by atoms with Gasteiger partial charge in [0, 0.05) is 12.3 Å². The predicted molar refractivity (Wildman–Crippen MR) is 84.6 cm³/mol. The molecule has 1 aliphatic heterocycles. The Balaban J connectivity index is 1.70. The van der Waals surface area contributed by atoms with Gasteiger partial charge in [0.15, 0.2) is 0 Å². The number of rotatable bonds is 8. The Morgan fingerprint density at radius 1 is 1.38 bits per heavy atom. The Labute approximate surface area is 132 Å². The van der Waals surface area contributed by atoms with E-state index in [1.807, 2.05) is 0 Å². The van der Waals surface area contributed by atoms with Gasteiger partial charge < -0.3 is 9.84 Å². The van der Waals surface area contributed by atoms with E-state index >= 15 is 0 Å². The number of unbranched alkanes of at least 4 members (excludes halogenated alkanes) is 1. The predicted octanol–water partition coefficient (Wildman–Crippen LogP) is 4.16. The fourth-order valence-electron chi connectivity index (χ4n) is 3.47. The third kappa shape index (κ3) is 4.33. The van der Waals surface area contributed by atoms with Crippen LogP contribution in [0.2, 0.25) is 0 Å². The molecular formula is C17H25ClO3. The van der Waals surface area contributed by atoms with Crippen LogP contribution in [0.3, 0.4) is 0 Å². The molecule has 1 heterocycles. The van der Waals surface area contributed by atoms with Gasteiger partial charge in [-0.1, -0.05) is 31.2 Å². The van der Waals surface area contributed by atoms with Crippen molar-refractivity contribution in [3.8, 4) is 0 Å². The second-order valence-electron chi connectivity index (χ2n) is 5.96. The summed E-state index contributed by atoms with van der Waals surface area (Å²) in [5, 5.41) is 8.70. The van der Waals surface area contributed by atoms with Crippen LogP contribution in [0.25, 0.3) is 0 Å². The van der Waals surface area contributed by atoms with Gasteiger partial charge >= 0.3 is 5.97 Å². The maximum Gasteiger partial charge on any atom is 0.303 e. The summed E-state index contributed by atoms with van der Waals surface area (Å²) in [6, 6.07) is 0. The Kier molecular flexibility index (Phi) is 6.31. The van der Waals surface area contributed by atoms with Crippen molar-refractivity contribution in [1.29, 1.82) is 0 Å². The topological polar surface area (TPSA) is 46.5 Å². The van der Waals surface area contributed by atoms with Crippen LogP contribution < -0.4 is 0 Å². The lowest BCUT2D eigenvalue weighted by atomic mass is 9.91. The Bertz CT molecular complexity index is 405. The average molecular weight is 313 g/mol. The van der Waals surface area contributed by atoms with Crippen molar-refractivity contribution < 1.29 is 14.6 Å². The zero-order chi connectivity index (χ0) is 15.2. The molecule has 118 valence electrons. The SMILES string of the molecule is CC[C@H]1O[C@@H]2[C@@H](/C=C\C/C=C\CCCC(=O)O)[C@@H]1C[C@H]2Cl. The zero-order valence-corrected chi connectivity index (χ0v) is 13.3. The number of hydrogen-bond acceptors (Lipinski definition) is 2. The summed E-state index contributed by atoms with van der Waals surface area (Å²) in [6.07, 6.45) is 14.0. The fourth-order valence-corrected chi connectivity index (χ4v) is 3.90. The van der Waals surface area contributed by atoms with Gasteiger partial charge in [0.05, 0.1) is 17.6 Å². The van der Waals surface area contributed by atoms with Crippen molar-refractivity contribution >= 4 is 17.6 Å². The standard InChI is InChI=1S/C17H25ClO3/c1-2-15-13-11-14(18)17(21-15)12(13)9-7-5-3-4-6-8-10-16(19)20/h3-4,7,9,12-15,17H,2,5-6,8,10-11H2,1H3,(H,19,20)/b4-3-,9-7-/t12-,13-,14+,15+,17+/m0/s1. The molecule has 21 heavy (non-hydrogen) atoms. The Morgan fingerprint density at radius 3 is 2.90 bits per heavy atom. The lowest BCUT2D eigenvalue weighted by molar-refractivity contribution is -0.137. The van der Waals surface area contributed by atoms with Gasteiger partial charge in [-0.2, -0.15) is 0 Å². The number of allylic oxidation sites excluding steroid dienone is 3. The van der Waals surface area contributed by atoms with Crippen LogP contribution in [-0.4, -0.2) is 28.7 Å². The molecule has 0 aromatic rings. The first kappa shape index (κ1) is 16.6. The number of carbonyl (C=O) groups is 1. The molecule has 2 aliphatic rings. The third-order valence-electron chi connectivity index (χ3n) is 4.50. The van der Waals surface area contributed by atoms with Gasteiger partial charge in [0.1, 0.15) is 0 Å². The highest BCUT2D eigenvalue weighted by Gasteiger charge is 2.52. The van der Waals surface area contributed by atoms with E-state index in [-0.39, 0.29) is 17.9 Å². The van der Waals surface area contributed by atoms with Crippen LogP contribution in [-0.2, 0) is 9.53 Å². The molecular weight excluding hydrogens is 288 g/mol. The largest absolute Gasteiger partial charge is 0.481 e. The van der Waals surface area contributed by atoms with E-state index in [0.29, 0.717) is 24.4 Å². The van der Waals surface area contributed by atoms with Crippen LogP contribution in [0.15, 0.2) is 24.3 Å². The number of alkyl halides is 1. The molecule has 2 rings (SSSR count). The van der Waals surface area contributed by atoms with Crippen molar-refractivity contribution in [3.63, 3.8) is 0 Å². The quantitative estimate of drug-likeness (QED) is 0.416.